The van der Waals surface area contributed by atoms with Gasteiger partial charge in [-0.1, -0.05) is 18.2 Å². The fraction of sp³-hybridized carbons (Fsp3) is 0.467. The highest BCUT2D eigenvalue weighted by molar-refractivity contribution is 6.70. The van der Waals surface area contributed by atoms with Crippen LogP contribution < -0.4 is 4.90 Å². The zero-order valence-electron chi connectivity index (χ0n) is 13.4. The predicted octanol–water partition coefficient (Wildman–Crippen LogP) is 1.80. The summed E-state index contributed by atoms with van der Waals surface area (Å²) in [6.07, 6.45) is 0. The maximum absolute atomic E-state index is 12.9. The van der Waals surface area contributed by atoms with Crippen LogP contribution in [0.15, 0.2) is 24.3 Å². The van der Waals surface area contributed by atoms with E-state index in [4.69, 9.17) is 4.43 Å². The molecule has 1 atom stereocenters. The van der Waals surface area contributed by atoms with E-state index >= 15 is 0 Å². The lowest BCUT2D eigenvalue weighted by molar-refractivity contribution is -0.155. The van der Waals surface area contributed by atoms with Crippen LogP contribution in [-0.2, 0) is 19.6 Å². The average molecular weight is 306 g/mol. The van der Waals surface area contributed by atoms with Gasteiger partial charge in [0.1, 0.15) is 0 Å². The number of hydrogen-bond donors (Lipinski definition) is 0. The summed E-state index contributed by atoms with van der Waals surface area (Å²) in [7, 11) is 2.83. The lowest BCUT2D eigenvalue weighted by Gasteiger charge is -2.35. The summed E-state index contributed by atoms with van der Waals surface area (Å²) >= 11 is 0. The van der Waals surface area contributed by atoms with Crippen molar-refractivity contribution in [3.63, 3.8) is 0 Å². The van der Waals surface area contributed by atoms with Crippen LogP contribution in [0.25, 0.3) is 0 Å². The summed E-state index contributed by atoms with van der Waals surface area (Å²) in [6.45, 7) is 5.93. The van der Waals surface area contributed by atoms with Gasteiger partial charge in [0, 0.05) is 26.7 Å². The lowest BCUT2D eigenvalue weighted by Crippen LogP contribution is -2.56. The SMILES string of the molecule is CN(C)C(=O)C1(O[Si](C)(C)C)C(=O)N(C)c2ccccc21. The molecule has 1 unspecified atom stereocenters. The molecule has 5 nitrogen and oxygen atoms in total. The molecule has 1 aromatic rings. The number of anilines is 1. The zero-order valence-corrected chi connectivity index (χ0v) is 14.4. The van der Waals surface area contributed by atoms with E-state index in [1.807, 2.05) is 37.8 Å². The molecule has 0 N–H and O–H groups in total. The number of nitrogens with zero attached hydrogens (tertiary/aromatic N) is 2. The van der Waals surface area contributed by atoms with Crippen molar-refractivity contribution in [3.05, 3.63) is 29.8 Å². The zero-order chi connectivity index (χ0) is 16.0. The van der Waals surface area contributed by atoms with Crippen LogP contribution in [0.1, 0.15) is 5.56 Å². The molecule has 0 aliphatic carbocycles. The fourth-order valence-corrected chi connectivity index (χ4v) is 3.85. The van der Waals surface area contributed by atoms with Crippen molar-refractivity contribution < 1.29 is 14.0 Å². The quantitative estimate of drug-likeness (QED) is 0.632. The van der Waals surface area contributed by atoms with E-state index in [0.29, 0.717) is 5.56 Å². The third kappa shape index (κ3) is 2.38. The second-order valence-corrected chi connectivity index (χ2v) is 10.9. The monoisotopic (exact) mass is 306 g/mol. The summed E-state index contributed by atoms with van der Waals surface area (Å²) in [6, 6.07) is 7.33. The minimum atomic E-state index is -2.14. The van der Waals surface area contributed by atoms with E-state index in [1.54, 1.807) is 27.2 Å². The van der Waals surface area contributed by atoms with Gasteiger partial charge in [0.2, 0.25) is 5.60 Å². The molecule has 0 aromatic heterocycles. The fourth-order valence-electron chi connectivity index (χ4n) is 2.65. The molecule has 0 radical (unpaired) electrons. The Kier molecular flexibility index (Phi) is 3.71. The summed E-state index contributed by atoms with van der Waals surface area (Å²) in [5.74, 6) is -0.642. The van der Waals surface area contributed by atoms with E-state index < -0.39 is 13.9 Å². The minimum Gasteiger partial charge on any atom is -0.393 e. The largest absolute Gasteiger partial charge is 0.393 e. The topological polar surface area (TPSA) is 49.9 Å². The van der Waals surface area contributed by atoms with Gasteiger partial charge >= 0.3 is 0 Å². The van der Waals surface area contributed by atoms with E-state index in [1.165, 1.54) is 9.80 Å². The van der Waals surface area contributed by atoms with Gasteiger partial charge in [-0.3, -0.25) is 9.59 Å². The van der Waals surface area contributed by atoms with E-state index in [9.17, 15) is 9.59 Å². The molecule has 114 valence electrons. The highest BCUT2D eigenvalue weighted by Crippen LogP contribution is 2.44. The molecule has 2 amide bonds. The number of likely N-dealkylation sites (N-methyl/N-ethyl adjacent to an activating group) is 2. The maximum atomic E-state index is 12.9. The van der Waals surface area contributed by atoms with Crippen LogP contribution >= 0.6 is 0 Å². The second kappa shape index (κ2) is 4.96. The molecular weight excluding hydrogens is 284 g/mol. The van der Waals surface area contributed by atoms with Gasteiger partial charge < -0.3 is 14.2 Å². The first-order valence-electron chi connectivity index (χ1n) is 6.91. The molecule has 0 bridgehead atoms. The molecule has 1 heterocycles. The maximum Gasteiger partial charge on any atom is 0.272 e. The molecule has 6 heteroatoms. The molecule has 1 aliphatic heterocycles. The molecule has 1 aromatic carbocycles. The molecule has 0 saturated carbocycles. The van der Waals surface area contributed by atoms with E-state index in [2.05, 4.69) is 0 Å². The Balaban J connectivity index is 2.71. The summed E-state index contributed by atoms with van der Waals surface area (Å²) < 4.78 is 6.18. The van der Waals surface area contributed by atoms with E-state index in [-0.39, 0.29) is 11.8 Å². The highest BCUT2D eigenvalue weighted by Gasteiger charge is 2.58. The van der Waals surface area contributed by atoms with Crippen molar-refractivity contribution in [1.82, 2.24) is 4.90 Å². The van der Waals surface area contributed by atoms with Gasteiger partial charge in [-0.05, 0) is 25.7 Å². The highest BCUT2D eigenvalue weighted by atomic mass is 28.4. The van der Waals surface area contributed by atoms with Gasteiger partial charge in [0.25, 0.3) is 11.8 Å². The van der Waals surface area contributed by atoms with Crippen LogP contribution in [-0.4, -0.2) is 46.2 Å². The van der Waals surface area contributed by atoms with E-state index in [0.717, 1.165) is 5.69 Å². The Labute approximate surface area is 126 Å². The Bertz CT molecular complexity index is 585. The van der Waals surface area contributed by atoms with Crippen molar-refractivity contribution in [1.29, 1.82) is 0 Å². The van der Waals surface area contributed by atoms with Crippen molar-refractivity contribution >= 4 is 25.8 Å². The van der Waals surface area contributed by atoms with Gasteiger partial charge in [-0.2, -0.15) is 0 Å². The summed E-state index contributed by atoms with van der Waals surface area (Å²) in [5.41, 5.74) is -0.172. The first-order chi connectivity index (χ1) is 9.61. The first kappa shape index (κ1) is 15.7. The molecule has 21 heavy (non-hydrogen) atoms. The number of rotatable bonds is 3. The number of amides is 2. The molecule has 0 fully saturated rings. The Morgan fingerprint density at radius 1 is 1.24 bits per heavy atom. The predicted molar refractivity (Wildman–Crippen MR) is 84.7 cm³/mol. The number of fused-ring (bicyclic) bond motifs is 1. The number of carbonyl (C=O) groups is 2. The van der Waals surface area contributed by atoms with Crippen LogP contribution in [0.3, 0.4) is 0 Å². The smallest absolute Gasteiger partial charge is 0.272 e. The Morgan fingerprint density at radius 2 is 1.81 bits per heavy atom. The minimum absolute atomic E-state index is 0.315. The van der Waals surface area contributed by atoms with Crippen molar-refractivity contribution in [2.24, 2.45) is 0 Å². The van der Waals surface area contributed by atoms with Gasteiger partial charge in [0.05, 0.1) is 5.69 Å². The average Bonchev–Trinajstić information content (AvgIpc) is 2.60. The standard InChI is InChI=1S/C15H22N2O3Si/c1-16(2)13(18)15(20-21(4,5)6)11-9-7-8-10-12(11)17(3)14(15)19/h7-10H,1-6H3. The second-order valence-electron chi connectivity index (χ2n) is 6.48. The van der Waals surface area contributed by atoms with Crippen molar-refractivity contribution in [2.45, 2.75) is 25.2 Å². The van der Waals surface area contributed by atoms with Crippen LogP contribution in [0, 0.1) is 0 Å². The number of hydrogen-bond acceptors (Lipinski definition) is 3. The first-order valence-corrected chi connectivity index (χ1v) is 10.3. The van der Waals surface area contributed by atoms with Gasteiger partial charge in [-0.15, -0.1) is 0 Å². The molecule has 0 saturated heterocycles. The van der Waals surface area contributed by atoms with Crippen molar-refractivity contribution in [3.8, 4) is 0 Å². The molecular formula is C15H22N2O3Si. The number of carbonyl (C=O) groups excluding carboxylic acids is 2. The Morgan fingerprint density at radius 3 is 2.33 bits per heavy atom. The lowest BCUT2D eigenvalue weighted by atomic mass is 9.94. The van der Waals surface area contributed by atoms with Gasteiger partial charge in [-0.25, -0.2) is 0 Å². The third-order valence-corrected chi connectivity index (χ3v) is 4.34. The molecule has 0 spiro atoms. The Hall–Kier alpha value is -1.66. The summed E-state index contributed by atoms with van der Waals surface area (Å²) in [4.78, 5) is 28.7. The third-order valence-electron chi connectivity index (χ3n) is 3.42. The molecule has 2 rings (SSSR count). The molecule has 1 aliphatic rings. The normalized spacial score (nSPS) is 21.4. The van der Waals surface area contributed by atoms with Crippen molar-refractivity contribution in [2.75, 3.05) is 26.0 Å². The number of para-hydroxylation sites is 1. The number of benzene rings is 1. The van der Waals surface area contributed by atoms with Gasteiger partial charge in [0.15, 0.2) is 8.32 Å². The van der Waals surface area contributed by atoms with Crippen LogP contribution in [0.2, 0.25) is 19.6 Å². The van der Waals surface area contributed by atoms with Crippen LogP contribution in [0.4, 0.5) is 5.69 Å². The summed E-state index contributed by atoms with van der Waals surface area (Å²) in [5, 5.41) is 0. The van der Waals surface area contributed by atoms with Crippen LogP contribution in [0.5, 0.6) is 0 Å².